The molecule has 4 heteroatoms. The van der Waals surface area contributed by atoms with E-state index in [1.54, 1.807) is 30.3 Å². The molecule has 3 nitrogen and oxygen atoms in total. The molecule has 0 fully saturated rings. The van der Waals surface area contributed by atoms with Gasteiger partial charge in [0.05, 0.1) is 10.6 Å². The van der Waals surface area contributed by atoms with Gasteiger partial charge in [-0.3, -0.25) is 0 Å². The summed E-state index contributed by atoms with van der Waals surface area (Å²) in [6.07, 6.45) is 0. The van der Waals surface area contributed by atoms with Gasteiger partial charge < -0.3 is 10.5 Å². The largest absolute Gasteiger partial charge is 0.421 e. The van der Waals surface area contributed by atoms with Gasteiger partial charge in [0.25, 0.3) is 0 Å². The molecule has 0 saturated heterocycles. The van der Waals surface area contributed by atoms with Crippen molar-refractivity contribution < 1.29 is 9.53 Å². The number of nitrogens with two attached hydrogens (primary N) is 1. The molecule has 0 amide bonds. The molecular weight excluding hydrogens is 262 g/mol. The molecular formula is C15H14ClNO2. The van der Waals surface area contributed by atoms with Gasteiger partial charge in [0.1, 0.15) is 0 Å². The predicted molar refractivity (Wildman–Crippen MR) is 76.7 cm³/mol. The number of para-hydroxylation sites is 1. The van der Waals surface area contributed by atoms with Gasteiger partial charge in [-0.25, -0.2) is 4.79 Å². The maximum atomic E-state index is 12.0. The Morgan fingerprint density at radius 3 is 2.53 bits per heavy atom. The molecule has 2 aromatic rings. The van der Waals surface area contributed by atoms with E-state index in [4.69, 9.17) is 22.1 Å². The molecule has 0 radical (unpaired) electrons. The number of hydrogen-bond donors (Lipinski definition) is 1. The zero-order valence-corrected chi connectivity index (χ0v) is 11.5. The monoisotopic (exact) mass is 275 g/mol. The zero-order chi connectivity index (χ0) is 14.0. The van der Waals surface area contributed by atoms with Crippen molar-refractivity contribution >= 4 is 23.3 Å². The highest BCUT2D eigenvalue weighted by molar-refractivity contribution is 6.32. The minimum atomic E-state index is -0.470. The fourth-order valence-corrected chi connectivity index (χ4v) is 1.93. The lowest BCUT2D eigenvalue weighted by Crippen LogP contribution is -2.10. The Bertz CT molecular complexity index is 618. The smallest absolute Gasteiger partial charge is 0.343 e. The number of carbonyl (C=O) groups excluding carboxylic acids is 1. The van der Waals surface area contributed by atoms with Gasteiger partial charge in [0, 0.05) is 5.69 Å². The number of nitrogen functional groups attached to an aromatic ring is 1. The Morgan fingerprint density at radius 1 is 1.16 bits per heavy atom. The third kappa shape index (κ3) is 2.88. The van der Waals surface area contributed by atoms with E-state index in [1.165, 1.54) is 0 Å². The molecule has 2 aromatic carbocycles. The highest BCUT2D eigenvalue weighted by Crippen LogP contribution is 2.28. The van der Waals surface area contributed by atoms with Crippen LogP contribution in [0.3, 0.4) is 0 Å². The molecule has 2 rings (SSSR count). The van der Waals surface area contributed by atoms with Crippen LogP contribution in [0.15, 0.2) is 36.4 Å². The molecule has 0 spiro atoms. The lowest BCUT2D eigenvalue weighted by atomic mass is 10.1. The van der Waals surface area contributed by atoms with Gasteiger partial charge >= 0.3 is 5.97 Å². The maximum absolute atomic E-state index is 12.0. The fourth-order valence-electron chi connectivity index (χ4n) is 1.66. The molecule has 0 unspecified atom stereocenters. The van der Waals surface area contributed by atoms with Crippen LogP contribution in [0, 0.1) is 13.8 Å². The van der Waals surface area contributed by atoms with E-state index in [1.807, 2.05) is 19.9 Å². The summed E-state index contributed by atoms with van der Waals surface area (Å²) < 4.78 is 5.33. The van der Waals surface area contributed by atoms with E-state index in [9.17, 15) is 4.79 Å². The highest BCUT2D eigenvalue weighted by Gasteiger charge is 2.13. The van der Waals surface area contributed by atoms with Gasteiger partial charge in [-0.2, -0.15) is 0 Å². The van der Waals surface area contributed by atoms with E-state index >= 15 is 0 Å². The van der Waals surface area contributed by atoms with Gasteiger partial charge in [-0.1, -0.05) is 29.8 Å². The van der Waals surface area contributed by atoms with Crippen LogP contribution in [0.4, 0.5) is 5.69 Å². The first kappa shape index (κ1) is 13.4. The first-order valence-electron chi connectivity index (χ1n) is 5.82. The minimum Gasteiger partial charge on any atom is -0.421 e. The standard InChI is InChI=1S/C15H14ClNO2/c1-9-6-7-11(8-13(9)17)15(18)19-14-10(2)4-3-5-12(14)16/h3-8H,17H2,1-2H3. The fraction of sp³-hybridized carbons (Fsp3) is 0.133. The summed E-state index contributed by atoms with van der Waals surface area (Å²) >= 11 is 6.02. The summed E-state index contributed by atoms with van der Waals surface area (Å²) in [7, 11) is 0. The SMILES string of the molecule is Cc1ccc(C(=O)Oc2c(C)cccc2Cl)cc1N. The number of esters is 1. The van der Waals surface area contributed by atoms with Crippen LogP contribution < -0.4 is 10.5 Å². The van der Waals surface area contributed by atoms with Crippen molar-refractivity contribution in [3.63, 3.8) is 0 Å². The van der Waals surface area contributed by atoms with Crippen molar-refractivity contribution in [2.24, 2.45) is 0 Å². The topological polar surface area (TPSA) is 52.3 Å². The Labute approximate surface area is 117 Å². The van der Waals surface area contributed by atoms with Crippen LogP contribution >= 0.6 is 11.6 Å². The summed E-state index contributed by atoms with van der Waals surface area (Å²) in [5.41, 5.74) is 8.47. The van der Waals surface area contributed by atoms with Gasteiger partial charge in [0.2, 0.25) is 0 Å². The van der Waals surface area contributed by atoms with Crippen molar-refractivity contribution in [1.82, 2.24) is 0 Å². The summed E-state index contributed by atoms with van der Waals surface area (Å²) in [5, 5.41) is 0.411. The second-order valence-electron chi connectivity index (χ2n) is 4.35. The van der Waals surface area contributed by atoms with Crippen LogP contribution in [0.5, 0.6) is 5.75 Å². The summed E-state index contributed by atoms with van der Waals surface area (Å²) in [6, 6.07) is 10.4. The number of hydrogen-bond acceptors (Lipinski definition) is 3. The number of anilines is 1. The molecule has 0 atom stereocenters. The van der Waals surface area contributed by atoms with Crippen LogP contribution in [0.1, 0.15) is 21.5 Å². The summed E-state index contributed by atoms with van der Waals surface area (Å²) in [5.74, 6) is -0.0868. The molecule has 0 saturated carbocycles. The molecule has 0 bridgehead atoms. The normalized spacial score (nSPS) is 10.3. The number of halogens is 1. The quantitative estimate of drug-likeness (QED) is 0.516. The maximum Gasteiger partial charge on any atom is 0.343 e. The molecule has 0 aromatic heterocycles. The third-order valence-electron chi connectivity index (χ3n) is 2.87. The number of rotatable bonds is 2. The molecule has 98 valence electrons. The molecule has 2 N–H and O–H groups in total. The number of aryl methyl sites for hydroxylation is 2. The van der Waals surface area contributed by atoms with Crippen molar-refractivity contribution in [2.45, 2.75) is 13.8 Å². The van der Waals surface area contributed by atoms with Crippen LogP contribution in [-0.2, 0) is 0 Å². The number of carbonyl (C=O) groups is 1. The van der Waals surface area contributed by atoms with E-state index in [-0.39, 0.29) is 0 Å². The Hall–Kier alpha value is -2.00. The average molecular weight is 276 g/mol. The highest BCUT2D eigenvalue weighted by atomic mass is 35.5. The predicted octanol–water partition coefficient (Wildman–Crippen LogP) is 3.76. The Kier molecular flexibility index (Phi) is 3.76. The van der Waals surface area contributed by atoms with Crippen molar-refractivity contribution in [2.75, 3.05) is 5.73 Å². The van der Waals surface area contributed by atoms with Crippen molar-refractivity contribution in [3.8, 4) is 5.75 Å². The first-order chi connectivity index (χ1) is 8.99. The Balaban J connectivity index is 2.28. The van der Waals surface area contributed by atoms with E-state index in [2.05, 4.69) is 0 Å². The van der Waals surface area contributed by atoms with Gasteiger partial charge in [-0.05, 0) is 43.2 Å². The summed E-state index contributed by atoms with van der Waals surface area (Å²) in [4.78, 5) is 12.0. The minimum absolute atomic E-state index is 0.383. The second kappa shape index (κ2) is 5.33. The first-order valence-corrected chi connectivity index (χ1v) is 6.20. The molecule has 0 heterocycles. The van der Waals surface area contributed by atoms with E-state index in [0.29, 0.717) is 22.0 Å². The third-order valence-corrected chi connectivity index (χ3v) is 3.17. The number of benzene rings is 2. The number of ether oxygens (including phenoxy) is 1. The lowest BCUT2D eigenvalue weighted by molar-refractivity contribution is 0.0733. The van der Waals surface area contributed by atoms with Gasteiger partial charge in [0.15, 0.2) is 5.75 Å². The molecule has 0 aliphatic carbocycles. The molecule has 0 aliphatic rings. The lowest BCUT2D eigenvalue weighted by Gasteiger charge is -2.09. The summed E-state index contributed by atoms with van der Waals surface area (Å²) in [6.45, 7) is 3.71. The average Bonchev–Trinajstić information content (AvgIpc) is 2.37. The van der Waals surface area contributed by atoms with E-state index < -0.39 is 5.97 Å². The van der Waals surface area contributed by atoms with Gasteiger partial charge in [-0.15, -0.1) is 0 Å². The Morgan fingerprint density at radius 2 is 1.89 bits per heavy atom. The zero-order valence-electron chi connectivity index (χ0n) is 10.7. The molecule has 19 heavy (non-hydrogen) atoms. The van der Waals surface area contributed by atoms with Crippen LogP contribution in [0.25, 0.3) is 0 Å². The second-order valence-corrected chi connectivity index (χ2v) is 4.75. The van der Waals surface area contributed by atoms with Crippen LogP contribution in [0.2, 0.25) is 5.02 Å². The van der Waals surface area contributed by atoms with E-state index in [0.717, 1.165) is 11.1 Å². The molecule has 0 aliphatic heterocycles. The van der Waals surface area contributed by atoms with Crippen molar-refractivity contribution in [1.29, 1.82) is 0 Å². The van der Waals surface area contributed by atoms with Crippen LogP contribution in [-0.4, -0.2) is 5.97 Å². The van der Waals surface area contributed by atoms with Crippen molar-refractivity contribution in [3.05, 3.63) is 58.1 Å².